The summed E-state index contributed by atoms with van der Waals surface area (Å²) in [6, 6.07) is 5.34. The van der Waals surface area contributed by atoms with E-state index in [2.05, 4.69) is 5.32 Å². The van der Waals surface area contributed by atoms with Gasteiger partial charge in [-0.05, 0) is 43.0 Å². The van der Waals surface area contributed by atoms with E-state index in [9.17, 15) is 22.9 Å². The number of nitrogens with one attached hydrogen (secondary N) is 1. The normalized spacial score (nSPS) is 30.5. The van der Waals surface area contributed by atoms with E-state index in [-0.39, 0.29) is 54.8 Å². The Hall–Kier alpha value is -2.98. The number of morpholine rings is 1. The standard InChI is InChI=1S/C24H23F4N3O3/c1-13-9-24(12-34-11-21(32)29-24)20(31(13)23(33)19-10-30(19)28)7-14-3-2-4-18(22(14)27)15-5-16(25)8-17(26)6-15/h2-6,8,13,19-20H,7,9-12H2,1H3,(H,29,32). The quantitative estimate of drug-likeness (QED) is 0.418. The number of nitrogens with zero attached hydrogens (tertiary/aromatic N) is 2. The van der Waals surface area contributed by atoms with E-state index in [1.165, 1.54) is 17.0 Å². The molecule has 3 aliphatic heterocycles. The van der Waals surface area contributed by atoms with Crippen molar-refractivity contribution >= 4 is 11.8 Å². The minimum absolute atomic E-state index is 0.00377. The second-order valence-electron chi connectivity index (χ2n) is 9.25. The van der Waals surface area contributed by atoms with Crippen LogP contribution in [0.5, 0.6) is 0 Å². The lowest BCUT2D eigenvalue weighted by Gasteiger charge is -2.41. The van der Waals surface area contributed by atoms with Crippen LogP contribution in [0.2, 0.25) is 0 Å². The van der Waals surface area contributed by atoms with Gasteiger partial charge in [-0.15, -0.1) is 9.60 Å². The lowest BCUT2D eigenvalue weighted by Crippen LogP contribution is -2.64. The number of hydrogen-bond acceptors (Lipinski definition) is 4. The maximum absolute atomic E-state index is 15.6. The number of carbonyl (C=O) groups is 2. The molecule has 0 aliphatic carbocycles. The van der Waals surface area contributed by atoms with Gasteiger partial charge in [0.2, 0.25) is 11.8 Å². The molecule has 0 saturated carbocycles. The fourth-order valence-electron chi connectivity index (χ4n) is 5.33. The van der Waals surface area contributed by atoms with Crippen LogP contribution in [0.25, 0.3) is 11.1 Å². The van der Waals surface area contributed by atoms with Crippen LogP contribution in [0, 0.1) is 17.5 Å². The molecule has 5 atom stereocenters. The van der Waals surface area contributed by atoms with Crippen molar-refractivity contribution in [3.63, 3.8) is 0 Å². The summed E-state index contributed by atoms with van der Waals surface area (Å²) in [6.07, 6.45) is 0.362. The first-order valence-corrected chi connectivity index (χ1v) is 11.1. The zero-order valence-electron chi connectivity index (χ0n) is 18.4. The molecule has 0 aromatic heterocycles. The van der Waals surface area contributed by atoms with Crippen molar-refractivity contribution in [3.05, 3.63) is 59.4 Å². The van der Waals surface area contributed by atoms with Crippen LogP contribution in [0.15, 0.2) is 36.4 Å². The highest BCUT2D eigenvalue weighted by atomic mass is 19.2. The minimum Gasteiger partial charge on any atom is -0.369 e. The van der Waals surface area contributed by atoms with Crippen molar-refractivity contribution in [1.82, 2.24) is 15.3 Å². The average Bonchev–Trinajstić information content (AvgIpc) is 3.44. The number of benzene rings is 2. The molecule has 34 heavy (non-hydrogen) atoms. The van der Waals surface area contributed by atoms with Gasteiger partial charge in [-0.3, -0.25) is 9.59 Å². The Balaban J connectivity index is 1.53. The molecular formula is C24H23F4N3O3. The molecule has 1 N–H and O–H groups in total. The van der Waals surface area contributed by atoms with Crippen molar-refractivity contribution in [2.24, 2.45) is 0 Å². The Morgan fingerprint density at radius 1 is 1.21 bits per heavy atom. The van der Waals surface area contributed by atoms with Gasteiger partial charge in [0, 0.05) is 17.7 Å². The van der Waals surface area contributed by atoms with Crippen LogP contribution in [0.3, 0.4) is 0 Å². The molecule has 5 unspecified atom stereocenters. The van der Waals surface area contributed by atoms with Crippen LogP contribution in [0.1, 0.15) is 18.9 Å². The van der Waals surface area contributed by atoms with Crippen LogP contribution in [-0.2, 0) is 20.7 Å². The molecule has 10 heteroatoms. The molecule has 2 amide bonds. The van der Waals surface area contributed by atoms with Gasteiger partial charge in [-0.2, -0.15) is 0 Å². The van der Waals surface area contributed by atoms with Gasteiger partial charge in [0.1, 0.15) is 30.1 Å². The first-order chi connectivity index (χ1) is 16.2. The fourth-order valence-corrected chi connectivity index (χ4v) is 5.33. The molecule has 3 fully saturated rings. The van der Waals surface area contributed by atoms with Crippen LogP contribution in [-0.4, -0.2) is 65.3 Å². The maximum atomic E-state index is 15.6. The van der Waals surface area contributed by atoms with Gasteiger partial charge < -0.3 is 15.0 Å². The summed E-state index contributed by atoms with van der Waals surface area (Å²) in [5.41, 5.74) is -0.714. The summed E-state index contributed by atoms with van der Waals surface area (Å²) in [5, 5.41) is 3.37. The van der Waals surface area contributed by atoms with Gasteiger partial charge in [-0.1, -0.05) is 18.2 Å². The predicted molar refractivity (Wildman–Crippen MR) is 113 cm³/mol. The third-order valence-corrected chi connectivity index (χ3v) is 6.85. The first kappa shape index (κ1) is 22.8. The largest absolute Gasteiger partial charge is 0.369 e. The molecule has 3 saturated heterocycles. The Morgan fingerprint density at radius 2 is 1.91 bits per heavy atom. The summed E-state index contributed by atoms with van der Waals surface area (Å²) < 4.78 is 62.2. The Kier molecular flexibility index (Phi) is 5.60. The van der Waals surface area contributed by atoms with E-state index in [4.69, 9.17) is 4.74 Å². The molecule has 6 nitrogen and oxygen atoms in total. The molecule has 3 heterocycles. The Morgan fingerprint density at radius 3 is 2.56 bits per heavy atom. The second-order valence-corrected chi connectivity index (χ2v) is 9.25. The Bertz CT molecular complexity index is 1140. The monoisotopic (exact) mass is 477 g/mol. The van der Waals surface area contributed by atoms with Gasteiger partial charge in [0.15, 0.2) is 0 Å². The van der Waals surface area contributed by atoms with Gasteiger partial charge in [0.05, 0.1) is 24.7 Å². The molecule has 0 radical (unpaired) electrons. The molecule has 2 aromatic carbocycles. The lowest BCUT2D eigenvalue weighted by molar-refractivity contribution is -0.141. The van der Waals surface area contributed by atoms with Crippen molar-refractivity contribution in [2.45, 2.75) is 43.4 Å². The first-order valence-electron chi connectivity index (χ1n) is 11.1. The highest BCUT2D eigenvalue weighted by Crippen LogP contribution is 2.40. The summed E-state index contributed by atoms with van der Waals surface area (Å²) in [4.78, 5) is 26.8. The number of carbonyl (C=O) groups excluding carboxylic acids is 2. The second kappa shape index (κ2) is 8.35. The zero-order chi connectivity index (χ0) is 24.2. The SMILES string of the molecule is CC1CC2(COCC(=O)N2)C(Cc2cccc(-c3cc(F)cc(F)c3)c2F)N1C(=O)C1CN1F. The number of likely N-dealkylation sites (tertiary alicyclic amines) is 1. The average molecular weight is 477 g/mol. The van der Waals surface area contributed by atoms with Crippen molar-refractivity contribution in [1.29, 1.82) is 0 Å². The molecule has 1 spiro atoms. The summed E-state index contributed by atoms with van der Waals surface area (Å²) >= 11 is 0. The fraction of sp³-hybridized carbons (Fsp3) is 0.417. The van der Waals surface area contributed by atoms with E-state index in [0.717, 1.165) is 12.1 Å². The lowest BCUT2D eigenvalue weighted by atomic mass is 9.84. The number of halogens is 4. The van der Waals surface area contributed by atoms with Crippen LogP contribution >= 0.6 is 0 Å². The molecule has 180 valence electrons. The number of amides is 2. The zero-order valence-corrected chi connectivity index (χ0v) is 18.4. The van der Waals surface area contributed by atoms with Crippen molar-refractivity contribution < 1.29 is 32.0 Å². The van der Waals surface area contributed by atoms with E-state index >= 15 is 4.39 Å². The third kappa shape index (κ3) is 3.94. The molecular weight excluding hydrogens is 454 g/mol. The molecule has 5 rings (SSSR count). The molecule has 2 aromatic rings. The topological polar surface area (TPSA) is 61.6 Å². The maximum Gasteiger partial charge on any atom is 0.246 e. The van der Waals surface area contributed by atoms with E-state index in [0.29, 0.717) is 17.6 Å². The van der Waals surface area contributed by atoms with Gasteiger partial charge in [-0.25, -0.2) is 13.2 Å². The van der Waals surface area contributed by atoms with Crippen LogP contribution < -0.4 is 5.32 Å². The van der Waals surface area contributed by atoms with Crippen molar-refractivity contribution in [2.75, 3.05) is 19.8 Å². The van der Waals surface area contributed by atoms with Crippen LogP contribution in [0.4, 0.5) is 17.7 Å². The third-order valence-electron chi connectivity index (χ3n) is 6.85. The number of rotatable bonds is 4. The summed E-state index contributed by atoms with van der Waals surface area (Å²) in [7, 11) is 0. The van der Waals surface area contributed by atoms with Crippen molar-refractivity contribution in [3.8, 4) is 11.1 Å². The highest BCUT2D eigenvalue weighted by Gasteiger charge is 2.58. The molecule has 3 aliphatic rings. The number of hydrogen-bond donors (Lipinski definition) is 1. The van der Waals surface area contributed by atoms with Gasteiger partial charge >= 0.3 is 0 Å². The summed E-state index contributed by atoms with van der Waals surface area (Å²) in [6.45, 7) is 1.79. The molecule has 0 bridgehead atoms. The van der Waals surface area contributed by atoms with E-state index < -0.39 is 41.0 Å². The minimum atomic E-state index is -0.964. The van der Waals surface area contributed by atoms with E-state index in [1.54, 1.807) is 13.0 Å². The van der Waals surface area contributed by atoms with E-state index in [1.807, 2.05) is 0 Å². The predicted octanol–water partition coefficient (Wildman–Crippen LogP) is 2.76. The Labute approximate surface area is 193 Å². The smallest absolute Gasteiger partial charge is 0.246 e. The summed E-state index contributed by atoms with van der Waals surface area (Å²) in [5.74, 6) is -3.12. The number of ether oxygens (including phenoxy) is 1. The van der Waals surface area contributed by atoms with Gasteiger partial charge in [0.25, 0.3) is 0 Å². The highest BCUT2D eigenvalue weighted by molar-refractivity contribution is 5.86.